The largest absolute Gasteiger partial charge is 0.364 e. The minimum absolute atomic E-state index is 0.0233. The average Bonchev–Trinajstić information content (AvgIpc) is 2.62. The molecular formula is C19H22N2O3. The van der Waals surface area contributed by atoms with E-state index in [-0.39, 0.29) is 17.5 Å². The van der Waals surface area contributed by atoms with Crippen LogP contribution in [0.2, 0.25) is 0 Å². The maximum Gasteiger partial charge on any atom is 0.364 e. The SMILES string of the molecule is CCCCC(CC)C(=O)c1ccccc1-c1cccc([N+](=O)[O-])n1. The third-order valence-corrected chi connectivity index (χ3v) is 4.16. The van der Waals surface area contributed by atoms with Gasteiger partial charge in [0.05, 0.1) is 0 Å². The van der Waals surface area contributed by atoms with E-state index in [1.165, 1.54) is 6.07 Å². The summed E-state index contributed by atoms with van der Waals surface area (Å²) in [6.07, 6.45) is 3.72. The third kappa shape index (κ3) is 4.04. The number of rotatable bonds is 8. The molecule has 1 aromatic heterocycles. The van der Waals surface area contributed by atoms with E-state index in [2.05, 4.69) is 11.9 Å². The third-order valence-electron chi connectivity index (χ3n) is 4.16. The Bertz CT molecular complexity index is 728. The zero-order valence-electron chi connectivity index (χ0n) is 14.1. The van der Waals surface area contributed by atoms with Crippen LogP contribution in [0.5, 0.6) is 0 Å². The summed E-state index contributed by atoms with van der Waals surface area (Å²) in [5.41, 5.74) is 1.70. The van der Waals surface area contributed by atoms with E-state index in [9.17, 15) is 14.9 Å². The lowest BCUT2D eigenvalue weighted by molar-refractivity contribution is -0.389. The minimum atomic E-state index is -0.524. The second kappa shape index (κ2) is 8.34. The van der Waals surface area contributed by atoms with Gasteiger partial charge in [-0.25, -0.2) is 0 Å². The number of pyridine rings is 1. The zero-order chi connectivity index (χ0) is 17.5. The molecule has 0 radical (unpaired) electrons. The number of benzene rings is 1. The Labute approximate surface area is 141 Å². The van der Waals surface area contributed by atoms with Crippen LogP contribution in [0.15, 0.2) is 42.5 Å². The van der Waals surface area contributed by atoms with Gasteiger partial charge in [0.15, 0.2) is 11.5 Å². The van der Waals surface area contributed by atoms with E-state index in [4.69, 9.17) is 0 Å². The fourth-order valence-electron chi connectivity index (χ4n) is 2.79. The predicted molar refractivity (Wildman–Crippen MR) is 94.0 cm³/mol. The summed E-state index contributed by atoms with van der Waals surface area (Å²) < 4.78 is 0. The number of nitrogens with zero attached hydrogens (tertiary/aromatic N) is 2. The Morgan fingerprint density at radius 3 is 2.58 bits per heavy atom. The molecule has 1 atom stereocenters. The maximum atomic E-state index is 12.9. The Hall–Kier alpha value is -2.56. The predicted octanol–water partition coefficient (Wildman–Crippen LogP) is 5.06. The molecular weight excluding hydrogens is 304 g/mol. The first-order valence-corrected chi connectivity index (χ1v) is 8.33. The summed E-state index contributed by atoms with van der Waals surface area (Å²) in [7, 11) is 0. The molecule has 1 unspecified atom stereocenters. The Morgan fingerprint density at radius 1 is 1.17 bits per heavy atom. The van der Waals surface area contributed by atoms with Gasteiger partial charge in [-0.05, 0) is 40.9 Å². The molecule has 0 bridgehead atoms. The molecule has 2 aromatic rings. The molecule has 0 saturated carbocycles. The highest BCUT2D eigenvalue weighted by atomic mass is 16.6. The lowest BCUT2D eigenvalue weighted by Crippen LogP contribution is -2.15. The molecule has 0 amide bonds. The highest BCUT2D eigenvalue weighted by Crippen LogP contribution is 2.28. The van der Waals surface area contributed by atoms with Crippen LogP contribution in [0.3, 0.4) is 0 Å². The first kappa shape index (κ1) is 17.8. The lowest BCUT2D eigenvalue weighted by Gasteiger charge is -2.15. The van der Waals surface area contributed by atoms with Gasteiger partial charge in [0.2, 0.25) is 0 Å². The van der Waals surface area contributed by atoms with Gasteiger partial charge >= 0.3 is 5.82 Å². The van der Waals surface area contributed by atoms with Crippen LogP contribution in [0.4, 0.5) is 5.82 Å². The summed E-state index contributed by atoms with van der Waals surface area (Å²) in [5.74, 6) is -0.146. The van der Waals surface area contributed by atoms with E-state index >= 15 is 0 Å². The Balaban J connectivity index is 2.42. The van der Waals surface area contributed by atoms with Crippen LogP contribution in [0.1, 0.15) is 49.9 Å². The molecule has 0 aliphatic rings. The smallest absolute Gasteiger partial charge is 0.358 e. The molecule has 0 aliphatic carbocycles. The number of ketones is 1. The minimum Gasteiger partial charge on any atom is -0.358 e. The van der Waals surface area contributed by atoms with Crippen molar-refractivity contribution in [1.29, 1.82) is 0 Å². The number of carbonyl (C=O) groups is 1. The summed E-state index contributed by atoms with van der Waals surface area (Å²) in [6, 6.07) is 11.9. The number of aromatic nitrogens is 1. The van der Waals surface area contributed by atoms with Gasteiger partial charge < -0.3 is 10.1 Å². The van der Waals surface area contributed by atoms with Gasteiger partial charge in [0.25, 0.3) is 0 Å². The topological polar surface area (TPSA) is 73.1 Å². The van der Waals surface area contributed by atoms with E-state index in [0.717, 1.165) is 25.7 Å². The highest BCUT2D eigenvalue weighted by molar-refractivity contribution is 6.03. The Morgan fingerprint density at radius 2 is 1.92 bits per heavy atom. The number of carbonyl (C=O) groups excluding carboxylic acids is 1. The maximum absolute atomic E-state index is 12.9. The van der Waals surface area contributed by atoms with Gasteiger partial charge in [-0.15, -0.1) is 0 Å². The van der Waals surface area contributed by atoms with E-state index < -0.39 is 4.92 Å². The molecule has 2 rings (SSSR count). The van der Waals surface area contributed by atoms with Crippen molar-refractivity contribution >= 4 is 11.6 Å². The molecule has 0 saturated heterocycles. The van der Waals surface area contributed by atoms with Crippen LogP contribution in [-0.2, 0) is 0 Å². The summed E-state index contributed by atoms with van der Waals surface area (Å²) in [4.78, 5) is 27.4. The fraction of sp³-hybridized carbons (Fsp3) is 0.368. The lowest BCUT2D eigenvalue weighted by atomic mass is 9.88. The number of hydrogen-bond acceptors (Lipinski definition) is 4. The molecule has 24 heavy (non-hydrogen) atoms. The standard InChI is InChI=1S/C19H22N2O3/c1-3-5-9-14(4-2)19(22)16-11-7-6-10-15(16)17-12-8-13-18(20-17)21(23)24/h6-8,10-14H,3-5,9H2,1-2H3. The second-order valence-electron chi connectivity index (χ2n) is 5.80. The summed E-state index contributed by atoms with van der Waals surface area (Å²) >= 11 is 0. The molecule has 5 heteroatoms. The molecule has 1 heterocycles. The summed E-state index contributed by atoms with van der Waals surface area (Å²) in [6.45, 7) is 4.13. The molecule has 0 fully saturated rings. The molecule has 0 N–H and O–H groups in total. The average molecular weight is 326 g/mol. The second-order valence-corrected chi connectivity index (χ2v) is 5.80. The zero-order valence-corrected chi connectivity index (χ0v) is 14.1. The number of Topliss-reactive ketones (excluding diaryl/α,β-unsaturated/α-hetero) is 1. The monoisotopic (exact) mass is 326 g/mol. The molecule has 1 aromatic carbocycles. The van der Waals surface area contributed by atoms with Crippen molar-refractivity contribution in [2.75, 3.05) is 0 Å². The van der Waals surface area contributed by atoms with Gasteiger partial charge in [-0.2, -0.15) is 0 Å². The van der Waals surface area contributed by atoms with E-state index in [0.29, 0.717) is 16.8 Å². The number of unbranched alkanes of at least 4 members (excludes halogenated alkanes) is 1. The first-order valence-electron chi connectivity index (χ1n) is 8.33. The van der Waals surface area contributed by atoms with Crippen molar-refractivity contribution in [2.24, 2.45) is 5.92 Å². The number of nitro groups is 1. The van der Waals surface area contributed by atoms with Crippen molar-refractivity contribution < 1.29 is 9.72 Å². The summed E-state index contributed by atoms with van der Waals surface area (Å²) in [5, 5.41) is 11.0. The van der Waals surface area contributed by atoms with Crippen LogP contribution in [-0.4, -0.2) is 15.7 Å². The molecule has 126 valence electrons. The fourth-order valence-corrected chi connectivity index (χ4v) is 2.79. The number of hydrogen-bond donors (Lipinski definition) is 0. The van der Waals surface area contributed by atoms with Crippen molar-refractivity contribution in [1.82, 2.24) is 4.98 Å². The molecule has 5 nitrogen and oxygen atoms in total. The van der Waals surface area contributed by atoms with Crippen molar-refractivity contribution in [2.45, 2.75) is 39.5 Å². The van der Waals surface area contributed by atoms with Gasteiger partial charge in [-0.3, -0.25) is 4.79 Å². The molecule has 0 aliphatic heterocycles. The van der Waals surface area contributed by atoms with Crippen molar-refractivity contribution in [3.05, 3.63) is 58.1 Å². The highest BCUT2D eigenvalue weighted by Gasteiger charge is 2.23. The normalized spacial score (nSPS) is 11.9. The van der Waals surface area contributed by atoms with E-state index in [1.807, 2.05) is 19.1 Å². The Kier molecular flexibility index (Phi) is 6.18. The van der Waals surface area contributed by atoms with Gasteiger partial charge in [0, 0.05) is 23.1 Å². The van der Waals surface area contributed by atoms with Gasteiger partial charge in [-0.1, -0.05) is 44.9 Å². The van der Waals surface area contributed by atoms with Crippen LogP contribution in [0.25, 0.3) is 11.3 Å². The van der Waals surface area contributed by atoms with E-state index in [1.54, 1.807) is 24.3 Å². The quantitative estimate of drug-likeness (QED) is 0.386. The molecule has 0 spiro atoms. The van der Waals surface area contributed by atoms with Crippen LogP contribution >= 0.6 is 0 Å². The van der Waals surface area contributed by atoms with Gasteiger partial charge in [0.1, 0.15) is 0 Å². The van der Waals surface area contributed by atoms with Crippen LogP contribution < -0.4 is 0 Å². The first-order chi connectivity index (χ1) is 11.6. The van der Waals surface area contributed by atoms with Crippen LogP contribution in [0, 0.1) is 16.0 Å². The van der Waals surface area contributed by atoms with Crippen molar-refractivity contribution in [3.63, 3.8) is 0 Å². The van der Waals surface area contributed by atoms with Crippen molar-refractivity contribution in [3.8, 4) is 11.3 Å².